The third-order valence-corrected chi connectivity index (χ3v) is 3.01. The molecule has 1 N–H and O–H groups in total. The molecule has 0 spiro atoms. The second kappa shape index (κ2) is 5.98. The Bertz CT molecular complexity index is 527. The normalized spacial score (nSPS) is 12.4. The first kappa shape index (κ1) is 13.1. The lowest BCUT2D eigenvalue weighted by molar-refractivity contribution is 0.174. The highest BCUT2D eigenvalue weighted by atomic mass is 35.5. The van der Waals surface area contributed by atoms with Crippen LogP contribution >= 0.6 is 11.6 Å². The van der Waals surface area contributed by atoms with Crippen LogP contribution in [0.5, 0.6) is 0 Å². The molecule has 0 fully saturated rings. The standard InChI is InChI=1S/C15H14ClFO/c16-13-6-3-4-11(8-13)9-14(18)10-12-5-1-2-7-15(12)17/h1-8,14,18H,9-10H2. The minimum atomic E-state index is -0.611. The van der Waals surface area contributed by atoms with E-state index in [4.69, 9.17) is 11.6 Å². The van der Waals surface area contributed by atoms with Gasteiger partial charge in [-0.05, 0) is 35.7 Å². The summed E-state index contributed by atoms with van der Waals surface area (Å²) < 4.78 is 13.4. The Morgan fingerprint density at radius 3 is 2.56 bits per heavy atom. The highest BCUT2D eigenvalue weighted by Gasteiger charge is 2.10. The number of hydrogen-bond acceptors (Lipinski definition) is 1. The molecule has 0 aliphatic carbocycles. The van der Waals surface area contributed by atoms with E-state index < -0.39 is 6.10 Å². The molecule has 94 valence electrons. The number of aliphatic hydroxyl groups excluding tert-OH is 1. The van der Waals surface area contributed by atoms with Gasteiger partial charge in [-0.1, -0.05) is 41.9 Å². The Morgan fingerprint density at radius 2 is 1.83 bits per heavy atom. The average Bonchev–Trinajstić information content (AvgIpc) is 2.32. The fourth-order valence-corrected chi connectivity index (χ4v) is 2.14. The maximum atomic E-state index is 13.4. The van der Waals surface area contributed by atoms with Gasteiger partial charge in [-0.3, -0.25) is 0 Å². The smallest absolute Gasteiger partial charge is 0.126 e. The predicted molar refractivity (Wildman–Crippen MR) is 71.3 cm³/mol. The van der Waals surface area contributed by atoms with Gasteiger partial charge in [0.2, 0.25) is 0 Å². The van der Waals surface area contributed by atoms with Crippen LogP contribution in [0.3, 0.4) is 0 Å². The first-order chi connectivity index (χ1) is 8.65. The summed E-state index contributed by atoms with van der Waals surface area (Å²) in [4.78, 5) is 0. The van der Waals surface area contributed by atoms with Crippen molar-refractivity contribution in [3.8, 4) is 0 Å². The van der Waals surface area contributed by atoms with Gasteiger partial charge in [-0.15, -0.1) is 0 Å². The van der Waals surface area contributed by atoms with Gasteiger partial charge in [0.15, 0.2) is 0 Å². The molecule has 1 atom stereocenters. The van der Waals surface area contributed by atoms with Crippen molar-refractivity contribution < 1.29 is 9.50 Å². The van der Waals surface area contributed by atoms with E-state index in [-0.39, 0.29) is 5.82 Å². The number of halogens is 2. The molecule has 2 rings (SSSR count). The third-order valence-electron chi connectivity index (χ3n) is 2.77. The molecule has 1 unspecified atom stereocenters. The van der Waals surface area contributed by atoms with E-state index in [1.165, 1.54) is 6.07 Å². The summed E-state index contributed by atoms with van der Waals surface area (Å²) in [6.45, 7) is 0. The van der Waals surface area contributed by atoms with E-state index in [9.17, 15) is 9.50 Å². The molecule has 2 aromatic carbocycles. The van der Waals surface area contributed by atoms with Crippen LogP contribution in [-0.2, 0) is 12.8 Å². The molecule has 0 aliphatic rings. The molecular formula is C15H14ClFO. The fourth-order valence-electron chi connectivity index (χ4n) is 1.93. The Labute approximate surface area is 111 Å². The summed E-state index contributed by atoms with van der Waals surface area (Å²) in [5, 5.41) is 10.6. The maximum absolute atomic E-state index is 13.4. The SMILES string of the molecule is OC(Cc1cccc(Cl)c1)Cc1ccccc1F. The van der Waals surface area contributed by atoms with Crippen LogP contribution in [0.1, 0.15) is 11.1 Å². The van der Waals surface area contributed by atoms with Gasteiger partial charge in [-0.25, -0.2) is 4.39 Å². The van der Waals surface area contributed by atoms with Gasteiger partial charge in [0, 0.05) is 11.4 Å². The van der Waals surface area contributed by atoms with Crippen LogP contribution in [0.4, 0.5) is 4.39 Å². The molecule has 2 aromatic rings. The van der Waals surface area contributed by atoms with Gasteiger partial charge in [-0.2, -0.15) is 0 Å². The highest BCUT2D eigenvalue weighted by Crippen LogP contribution is 2.15. The monoisotopic (exact) mass is 264 g/mol. The number of aliphatic hydroxyl groups is 1. The zero-order chi connectivity index (χ0) is 13.0. The topological polar surface area (TPSA) is 20.2 Å². The van der Waals surface area contributed by atoms with Crippen LogP contribution in [0, 0.1) is 5.82 Å². The molecule has 3 heteroatoms. The maximum Gasteiger partial charge on any atom is 0.126 e. The quantitative estimate of drug-likeness (QED) is 0.894. The van der Waals surface area contributed by atoms with Crippen LogP contribution < -0.4 is 0 Å². The van der Waals surface area contributed by atoms with Crippen molar-refractivity contribution in [3.05, 3.63) is 70.5 Å². The molecule has 0 saturated carbocycles. The van der Waals surface area contributed by atoms with Crippen molar-refractivity contribution >= 4 is 11.6 Å². The Hall–Kier alpha value is -1.38. The molecule has 0 bridgehead atoms. The lowest BCUT2D eigenvalue weighted by atomic mass is 10.0. The summed E-state index contributed by atoms with van der Waals surface area (Å²) >= 11 is 5.87. The first-order valence-corrected chi connectivity index (χ1v) is 6.19. The molecule has 0 heterocycles. The summed E-state index contributed by atoms with van der Waals surface area (Å²) in [6.07, 6.45) is 0.161. The summed E-state index contributed by atoms with van der Waals surface area (Å²) in [5.41, 5.74) is 1.48. The third kappa shape index (κ3) is 3.56. The molecule has 1 nitrogen and oxygen atoms in total. The molecular weight excluding hydrogens is 251 g/mol. The van der Waals surface area contributed by atoms with Gasteiger partial charge in [0.05, 0.1) is 6.10 Å². The molecule has 18 heavy (non-hydrogen) atoms. The molecule has 0 radical (unpaired) electrons. The van der Waals surface area contributed by atoms with Gasteiger partial charge in [0.1, 0.15) is 5.82 Å². The Morgan fingerprint density at radius 1 is 1.06 bits per heavy atom. The zero-order valence-electron chi connectivity index (χ0n) is 9.81. The Kier molecular flexibility index (Phi) is 4.34. The minimum absolute atomic E-state index is 0.275. The van der Waals surface area contributed by atoms with Crippen molar-refractivity contribution in [3.63, 3.8) is 0 Å². The largest absolute Gasteiger partial charge is 0.392 e. The molecule has 0 saturated heterocycles. The van der Waals surface area contributed by atoms with E-state index in [1.807, 2.05) is 18.2 Å². The van der Waals surface area contributed by atoms with Crippen LogP contribution in [-0.4, -0.2) is 11.2 Å². The van der Waals surface area contributed by atoms with Crippen molar-refractivity contribution in [2.75, 3.05) is 0 Å². The van der Waals surface area contributed by atoms with E-state index in [1.54, 1.807) is 24.3 Å². The van der Waals surface area contributed by atoms with Gasteiger partial charge < -0.3 is 5.11 Å². The van der Waals surface area contributed by atoms with E-state index in [2.05, 4.69) is 0 Å². The molecule has 0 aliphatic heterocycles. The van der Waals surface area contributed by atoms with Gasteiger partial charge in [0.25, 0.3) is 0 Å². The van der Waals surface area contributed by atoms with E-state index in [0.29, 0.717) is 23.4 Å². The van der Waals surface area contributed by atoms with E-state index >= 15 is 0 Å². The summed E-state index contributed by atoms with van der Waals surface area (Å²) in [7, 11) is 0. The van der Waals surface area contributed by atoms with Crippen molar-refractivity contribution in [1.82, 2.24) is 0 Å². The zero-order valence-corrected chi connectivity index (χ0v) is 10.6. The Balaban J connectivity index is 2.01. The van der Waals surface area contributed by atoms with Crippen molar-refractivity contribution in [2.24, 2.45) is 0 Å². The average molecular weight is 265 g/mol. The second-order valence-electron chi connectivity index (χ2n) is 4.28. The number of benzene rings is 2. The highest BCUT2D eigenvalue weighted by molar-refractivity contribution is 6.30. The van der Waals surface area contributed by atoms with Crippen molar-refractivity contribution in [2.45, 2.75) is 18.9 Å². The lowest BCUT2D eigenvalue weighted by Gasteiger charge is -2.11. The number of hydrogen-bond donors (Lipinski definition) is 1. The molecule has 0 amide bonds. The summed E-state index contributed by atoms with van der Waals surface area (Å²) in [6, 6.07) is 13.8. The lowest BCUT2D eigenvalue weighted by Crippen LogP contribution is -2.14. The van der Waals surface area contributed by atoms with Crippen LogP contribution in [0.2, 0.25) is 5.02 Å². The predicted octanol–water partition coefficient (Wildman–Crippen LogP) is 3.63. The molecule has 0 aromatic heterocycles. The second-order valence-corrected chi connectivity index (χ2v) is 4.72. The number of rotatable bonds is 4. The fraction of sp³-hybridized carbons (Fsp3) is 0.200. The summed E-state index contributed by atoms with van der Waals surface area (Å²) in [5.74, 6) is -0.275. The van der Waals surface area contributed by atoms with Gasteiger partial charge >= 0.3 is 0 Å². The minimum Gasteiger partial charge on any atom is -0.392 e. The van der Waals surface area contributed by atoms with E-state index in [0.717, 1.165) is 5.56 Å². The van der Waals surface area contributed by atoms with Crippen molar-refractivity contribution in [1.29, 1.82) is 0 Å². The van der Waals surface area contributed by atoms with Crippen LogP contribution in [0.25, 0.3) is 0 Å². The van der Waals surface area contributed by atoms with Crippen LogP contribution in [0.15, 0.2) is 48.5 Å². The first-order valence-electron chi connectivity index (χ1n) is 5.81.